The van der Waals surface area contributed by atoms with Crippen LogP contribution < -0.4 is 5.32 Å². The normalized spacial score (nSPS) is 20.9. The van der Waals surface area contributed by atoms with Gasteiger partial charge in [-0.3, -0.25) is 0 Å². The van der Waals surface area contributed by atoms with Gasteiger partial charge < -0.3 is 24.5 Å². The van der Waals surface area contributed by atoms with Crippen molar-refractivity contribution in [3.05, 3.63) is 18.1 Å². The largest absolute Gasteiger partial charge is 0.455 e. The minimum absolute atomic E-state index is 0.294. The van der Waals surface area contributed by atoms with E-state index >= 15 is 0 Å². The van der Waals surface area contributed by atoms with Crippen LogP contribution in [0.3, 0.4) is 0 Å². The topological polar surface area (TPSA) is 98.4 Å². The second-order valence-electron chi connectivity index (χ2n) is 7.70. The Kier molecular flexibility index (Phi) is 5.15. The molecule has 2 aromatic heterocycles. The number of hydrogen-bond donors (Lipinski definition) is 2. The quantitative estimate of drug-likeness (QED) is 0.789. The number of hydrogen-bond acceptors (Lipinski definition) is 7. The Labute approximate surface area is 152 Å². The third kappa shape index (κ3) is 4.50. The van der Waals surface area contributed by atoms with Crippen LogP contribution in [0.1, 0.15) is 44.6 Å². The van der Waals surface area contributed by atoms with Gasteiger partial charge in [-0.2, -0.15) is 0 Å². The number of aromatic nitrogens is 3. The first-order chi connectivity index (χ1) is 12.3. The van der Waals surface area contributed by atoms with E-state index in [2.05, 4.69) is 20.3 Å². The fourth-order valence-electron chi connectivity index (χ4n) is 2.79. The Morgan fingerprint density at radius 3 is 2.88 bits per heavy atom. The van der Waals surface area contributed by atoms with Gasteiger partial charge in [-0.15, -0.1) is 0 Å². The number of nitrogens with one attached hydrogen (secondary N) is 2. The first-order valence-electron chi connectivity index (χ1n) is 8.78. The molecule has 2 N–H and O–H groups in total. The second-order valence-corrected chi connectivity index (χ2v) is 7.70. The minimum Gasteiger partial charge on any atom is -0.455 e. The number of carbonyl (C=O) groups is 1. The van der Waals surface area contributed by atoms with Gasteiger partial charge in [0.2, 0.25) is 0 Å². The molecule has 0 radical (unpaired) electrons. The maximum Gasteiger partial charge on any atom is 0.355 e. The van der Waals surface area contributed by atoms with Gasteiger partial charge in [-0.25, -0.2) is 14.8 Å². The Morgan fingerprint density at radius 1 is 1.38 bits per heavy atom. The average molecular weight is 362 g/mol. The molecule has 0 bridgehead atoms. The standard InChI is InChI=1S/C18H26N4O4/c1-17(2,3)26-16(23)13-9-12-14(20-11-21-15(12)22-13)19-6-5-18(4)10-24-7-8-25-18/h9,11H,5-8,10H2,1-4H3,(H2,19,20,21,22). The van der Waals surface area contributed by atoms with Crippen molar-refractivity contribution in [1.29, 1.82) is 0 Å². The summed E-state index contributed by atoms with van der Waals surface area (Å²) >= 11 is 0. The van der Waals surface area contributed by atoms with E-state index in [4.69, 9.17) is 14.2 Å². The molecule has 2 aromatic rings. The van der Waals surface area contributed by atoms with E-state index in [0.29, 0.717) is 43.5 Å². The summed E-state index contributed by atoms with van der Waals surface area (Å²) in [5, 5.41) is 4.05. The van der Waals surface area contributed by atoms with E-state index in [1.54, 1.807) is 6.07 Å². The molecule has 8 nitrogen and oxygen atoms in total. The van der Waals surface area contributed by atoms with Crippen LogP contribution in [-0.4, -0.2) is 58.5 Å². The summed E-state index contributed by atoms with van der Waals surface area (Å²) in [6, 6.07) is 1.72. The van der Waals surface area contributed by atoms with Crippen LogP contribution in [0.2, 0.25) is 0 Å². The van der Waals surface area contributed by atoms with E-state index < -0.39 is 11.6 Å². The summed E-state index contributed by atoms with van der Waals surface area (Å²) in [5.74, 6) is 0.253. The second kappa shape index (κ2) is 7.20. The maximum atomic E-state index is 12.3. The van der Waals surface area contributed by atoms with Crippen molar-refractivity contribution in [2.45, 2.75) is 45.3 Å². The summed E-state index contributed by atoms with van der Waals surface area (Å²) in [7, 11) is 0. The molecule has 1 atom stereocenters. The minimum atomic E-state index is -0.557. The zero-order chi connectivity index (χ0) is 18.8. The number of rotatable bonds is 5. The van der Waals surface area contributed by atoms with E-state index in [0.717, 1.165) is 11.8 Å². The third-order valence-electron chi connectivity index (χ3n) is 4.08. The highest BCUT2D eigenvalue weighted by Gasteiger charge is 2.28. The van der Waals surface area contributed by atoms with Crippen molar-refractivity contribution >= 4 is 22.8 Å². The predicted molar refractivity (Wildman–Crippen MR) is 97.3 cm³/mol. The molecule has 1 aliphatic heterocycles. The zero-order valence-corrected chi connectivity index (χ0v) is 15.7. The Hall–Kier alpha value is -2.19. The van der Waals surface area contributed by atoms with Crippen LogP contribution >= 0.6 is 0 Å². The average Bonchev–Trinajstić information content (AvgIpc) is 2.99. The molecular weight excluding hydrogens is 336 g/mol. The molecular formula is C18H26N4O4. The Balaban J connectivity index is 1.70. The molecule has 0 aliphatic carbocycles. The van der Waals surface area contributed by atoms with Crippen molar-refractivity contribution < 1.29 is 19.0 Å². The van der Waals surface area contributed by atoms with Crippen molar-refractivity contribution in [3.63, 3.8) is 0 Å². The van der Waals surface area contributed by atoms with Crippen LogP contribution in [0.25, 0.3) is 11.0 Å². The molecule has 142 valence electrons. The number of carbonyl (C=O) groups excluding carboxylic acids is 1. The van der Waals surface area contributed by atoms with Gasteiger partial charge in [-0.05, 0) is 40.2 Å². The summed E-state index contributed by atoms with van der Waals surface area (Å²) in [6.45, 7) is 10.0. The Morgan fingerprint density at radius 2 is 2.19 bits per heavy atom. The first-order valence-corrected chi connectivity index (χ1v) is 8.78. The molecule has 0 spiro atoms. The highest BCUT2D eigenvalue weighted by Crippen LogP contribution is 2.24. The first kappa shape index (κ1) is 18.6. The number of ether oxygens (including phenoxy) is 3. The van der Waals surface area contributed by atoms with Crippen molar-refractivity contribution in [2.24, 2.45) is 0 Å². The fraction of sp³-hybridized carbons (Fsp3) is 0.611. The van der Waals surface area contributed by atoms with E-state index in [1.807, 2.05) is 27.7 Å². The number of fused-ring (bicyclic) bond motifs is 1. The summed E-state index contributed by atoms with van der Waals surface area (Å²) in [4.78, 5) is 23.7. The number of nitrogens with zero attached hydrogens (tertiary/aromatic N) is 2. The molecule has 1 aliphatic rings. The maximum absolute atomic E-state index is 12.3. The number of esters is 1. The van der Waals surface area contributed by atoms with Gasteiger partial charge in [0.25, 0.3) is 0 Å². The molecule has 0 saturated carbocycles. The molecule has 0 amide bonds. The lowest BCUT2D eigenvalue weighted by Gasteiger charge is -2.33. The summed E-state index contributed by atoms with van der Waals surface area (Å²) in [5.41, 5.74) is 0.0943. The molecule has 3 rings (SSSR count). The number of H-pyrrole nitrogens is 1. The van der Waals surface area contributed by atoms with Gasteiger partial charge in [-0.1, -0.05) is 0 Å². The fourth-order valence-corrected chi connectivity index (χ4v) is 2.79. The van der Waals surface area contributed by atoms with Crippen molar-refractivity contribution in [2.75, 3.05) is 31.7 Å². The molecule has 1 unspecified atom stereocenters. The van der Waals surface area contributed by atoms with E-state index in [1.165, 1.54) is 6.33 Å². The van der Waals surface area contributed by atoms with Crippen LogP contribution in [0.4, 0.5) is 5.82 Å². The smallest absolute Gasteiger partial charge is 0.355 e. The summed E-state index contributed by atoms with van der Waals surface area (Å²) < 4.78 is 16.7. The van der Waals surface area contributed by atoms with Gasteiger partial charge in [0.15, 0.2) is 0 Å². The lowest BCUT2D eigenvalue weighted by Crippen LogP contribution is -2.41. The van der Waals surface area contributed by atoms with Gasteiger partial charge in [0.05, 0.1) is 30.8 Å². The summed E-state index contributed by atoms with van der Waals surface area (Å²) in [6.07, 6.45) is 2.24. The van der Waals surface area contributed by atoms with E-state index in [-0.39, 0.29) is 5.60 Å². The van der Waals surface area contributed by atoms with Crippen LogP contribution in [-0.2, 0) is 14.2 Å². The number of anilines is 1. The molecule has 26 heavy (non-hydrogen) atoms. The third-order valence-corrected chi connectivity index (χ3v) is 4.08. The van der Waals surface area contributed by atoms with Crippen LogP contribution in [0.5, 0.6) is 0 Å². The molecule has 1 fully saturated rings. The van der Waals surface area contributed by atoms with Gasteiger partial charge >= 0.3 is 5.97 Å². The highest BCUT2D eigenvalue weighted by molar-refractivity contribution is 5.97. The van der Waals surface area contributed by atoms with E-state index in [9.17, 15) is 4.79 Å². The van der Waals surface area contributed by atoms with Gasteiger partial charge in [0.1, 0.15) is 29.1 Å². The van der Waals surface area contributed by atoms with Crippen molar-refractivity contribution in [1.82, 2.24) is 15.0 Å². The molecule has 8 heteroatoms. The number of aromatic amines is 1. The SMILES string of the molecule is CC(C)(C)OC(=O)c1cc2c(NCCC3(C)COCCO3)ncnc2[nH]1. The lowest BCUT2D eigenvalue weighted by atomic mass is 10.0. The molecule has 3 heterocycles. The molecule has 0 aromatic carbocycles. The monoisotopic (exact) mass is 362 g/mol. The molecule has 1 saturated heterocycles. The lowest BCUT2D eigenvalue weighted by molar-refractivity contribution is -0.149. The van der Waals surface area contributed by atoms with Crippen molar-refractivity contribution in [3.8, 4) is 0 Å². The van der Waals surface area contributed by atoms with Crippen LogP contribution in [0, 0.1) is 0 Å². The van der Waals surface area contributed by atoms with Gasteiger partial charge in [0, 0.05) is 6.54 Å². The highest BCUT2D eigenvalue weighted by atomic mass is 16.6. The zero-order valence-electron chi connectivity index (χ0n) is 15.7. The Bertz CT molecular complexity index is 775. The predicted octanol–water partition coefficient (Wildman–Crippen LogP) is 2.52. The van der Waals surface area contributed by atoms with Crippen LogP contribution in [0.15, 0.2) is 12.4 Å².